The van der Waals surface area contributed by atoms with Crippen LogP contribution in [-0.4, -0.2) is 0 Å². The van der Waals surface area contributed by atoms with Gasteiger partial charge in [-0.1, -0.05) is 39.3 Å². The smallest absolute Gasteiger partial charge is 0.0124 e. The van der Waals surface area contributed by atoms with Crippen molar-refractivity contribution in [3.63, 3.8) is 0 Å². The summed E-state index contributed by atoms with van der Waals surface area (Å²) in [5.41, 5.74) is 1.84. The number of hydrogen-bond acceptors (Lipinski definition) is 0. The van der Waals surface area contributed by atoms with Gasteiger partial charge in [-0.25, -0.2) is 0 Å². The van der Waals surface area contributed by atoms with Crippen molar-refractivity contribution in [3.8, 4) is 0 Å². The molecule has 0 spiro atoms. The number of hydrogen-bond donors (Lipinski definition) is 0. The molecular formula is C11H22. The first-order valence-electron chi connectivity index (χ1n) is 4.58. The fraction of sp³-hybridized carbons (Fsp3) is 0.818. The van der Waals surface area contributed by atoms with Crippen LogP contribution >= 0.6 is 0 Å². The van der Waals surface area contributed by atoms with Gasteiger partial charge in [0, 0.05) is 0 Å². The molecule has 0 N–H and O–H groups in total. The first-order valence-corrected chi connectivity index (χ1v) is 4.58. The van der Waals surface area contributed by atoms with Crippen LogP contribution in [0.5, 0.6) is 0 Å². The second kappa shape index (κ2) is 3.94. The van der Waals surface area contributed by atoms with E-state index in [0.717, 1.165) is 5.92 Å². The summed E-state index contributed by atoms with van der Waals surface area (Å²) in [7, 11) is 0. The molecule has 0 heteroatoms. The van der Waals surface area contributed by atoms with E-state index < -0.39 is 0 Å². The lowest BCUT2D eigenvalue weighted by Crippen LogP contribution is -2.19. The molecular weight excluding hydrogens is 132 g/mol. The van der Waals surface area contributed by atoms with Gasteiger partial charge in [-0.15, -0.1) is 0 Å². The summed E-state index contributed by atoms with van der Waals surface area (Å²) >= 11 is 0. The normalized spacial score (nSPS) is 16.3. The Morgan fingerprint density at radius 1 is 1.36 bits per heavy atom. The molecule has 0 saturated heterocycles. The maximum atomic E-state index is 2.40. The zero-order valence-corrected chi connectivity index (χ0v) is 8.86. The molecule has 0 aliphatic carbocycles. The lowest BCUT2D eigenvalue weighted by Gasteiger charge is -2.29. The predicted octanol–water partition coefficient (Wildman–Crippen LogP) is 4.02. The van der Waals surface area contributed by atoms with Crippen LogP contribution in [0.15, 0.2) is 11.6 Å². The molecule has 0 saturated carbocycles. The Morgan fingerprint density at radius 3 is 1.91 bits per heavy atom. The molecule has 0 aliphatic heterocycles. The van der Waals surface area contributed by atoms with Crippen molar-refractivity contribution in [2.45, 2.75) is 48.0 Å². The molecule has 0 nitrogen and oxygen atoms in total. The highest BCUT2D eigenvalue weighted by molar-refractivity contribution is 5.04. The zero-order valence-electron chi connectivity index (χ0n) is 8.86. The zero-order chi connectivity index (χ0) is 9.07. The minimum absolute atomic E-state index is 0.402. The van der Waals surface area contributed by atoms with Gasteiger partial charge < -0.3 is 0 Å². The molecule has 1 atom stereocenters. The van der Waals surface area contributed by atoms with E-state index in [2.05, 4.69) is 47.6 Å². The Labute approximate surface area is 71.7 Å². The third kappa shape index (κ3) is 3.09. The second-order valence-corrected chi connectivity index (χ2v) is 4.24. The highest BCUT2D eigenvalue weighted by Gasteiger charge is 2.22. The Bertz CT molecular complexity index is 138. The third-order valence-electron chi connectivity index (χ3n) is 2.70. The van der Waals surface area contributed by atoms with Crippen LogP contribution in [-0.2, 0) is 0 Å². The van der Waals surface area contributed by atoms with E-state index in [4.69, 9.17) is 0 Å². The van der Waals surface area contributed by atoms with Gasteiger partial charge in [0.05, 0.1) is 0 Å². The summed E-state index contributed by atoms with van der Waals surface area (Å²) in [6.07, 6.45) is 3.63. The van der Waals surface area contributed by atoms with Crippen LogP contribution in [0.2, 0.25) is 0 Å². The van der Waals surface area contributed by atoms with Crippen LogP contribution in [0, 0.1) is 11.3 Å². The summed E-state index contributed by atoms with van der Waals surface area (Å²) < 4.78 is 0. The fourth-order valence-corrected chi connectivity index (χ4v) is 1.34. The predicted molar refractivity (Wildman–Crippen MR) is 52.7 cm³/mol. The number of rotatable bonds is 3. The summed E-state index contributed by atoms with van der Waals surface area (Å²) in [6.45, 7) is 13.5. The molecule has 0 amide bonds. The molecule has 11 heavy (non-hydrogen) atoms. The van der Waals surface area contributed by atoms with Crippen molar-refractivity contribution < 1.29 is 0 Å². The molecule has 0 aromatic heterocycles. The average molecular weight is 154 g/mol. The van der Waals surface area contributed by atoms with E-state index in [9.17, 15) is 0 Å². The highest BCUT2D eigenvalue weighted by atomic mass is 14.3. The van der Waals surface area contributed by atoms with Gasteiger partial charge in [0.1, 0.15) is 0 Å². The maximum Gasteiger partial charge on any atom is -0.0124 e. The van der Waals surface area contributed by atoms with E-state index in [1.54, 1.807) is 0 Å². The van der Waals surface area contributed by atoms with Crippen molar-refractivity contribution >= 4 is 0 Å². The Hall–Kier alpha value is -0.260. The van der Waals surface area contributed by atoms with E-state index in [0.29, 0.717) is 5.41 Å². The standard InChI is InChI=1S/C11H22/c1-7-11(6,10(4)5)8-9(2)3/h8,10H,7H2,1-6H3. The molecule has 0 aromatic rings. The van der Waals surface area contributed by atoms with E-state index >= 15 is 0 Å². The van der Waals surface area contributed by atoms with Crippen LogP contribution in [0.4, 0.5) is 0 Å². The Kier molecular flexibility index (Phi) is 3.85. The van der Waals surface area contributed by atoms with Crippen LogP contribution in [0.25, 0.3) is 0 Å². The van der Waals surface area contributed by atoms with Crippen molar-refractivity contribution in [1.82, 2.24) is 0 Å². The summed E-state index contributed by atoms with van der Waals surface area (Å²) in [6, 6.07) is 0. The van der Waals surface area contributed by atoms with Gasteiger partial charge in [0.15, 0.2) is 0 Å². The molecule has 0 rings (SSSR count). The quantitative estimate of drug-likeness (QED) is 0.538. The van der Waals surface area contributed by atoms with Gasteiger partial charge in [-0.2, -0.15) is 0 Å². The molecule has 0 aliphatic rings. The highest BCUT2D eigenvalue weighted by Crippen LogP contribution is 2.33. The maximum absolute atomic E-state index is 2.40. The largest absolute Gasteiger partial charge is 0.0799 e. The van der Waals surface area contributed by atoms with Gasteiger partial charge >= 0.3 is 0 Å². The first-order chi connectivity index (χ1) is 4.92. The molecule has 0 radical (unpaired) electrons. The van der Waals surface area contributed by atoms with Gasteiger partial charge in [-0.05, 0) is 31.6 Å². The van der Waals surface area contributed by atoms with E-state index in [1.807, 2.05) is 0 Å². The lowest BCUT2D eigenvalue weighted by molar-refractivity contribution is 0.285. The molecule has 0 aromatic carbocycles. The third-order valence-corrected chi connectivity index (χ3v) is 2.70. The van der Waals surface area contributed by atoms with Crippen molar-refractivity contribution in [2.24, 2.45) is 11.3 Å². The summed E-state index contributed by atoms with van der Waals surface area (Å²) in [4.78, 5) is 0. The van der Waals surface area contributed by atoms with E-state index in [-0.39, 0.29) is 0 Å². The van der Waals surface area contributed by atoms with Crippen molar-refractivity contribution in [1.29, 1.82) is 0 Å². The Morgan fingerprint density at radius 2 is 1.82 bits per heavy atom. The monoisotopic (exact) mass is 154 g/mol. The molecule has 66 valence electrons. The summed E-state index contributed by atoms with van der Waals surface area (Å²) in [5, 5.41) is 0. The van der Waals surface area contributed by atoms with Crippen LogP contribution < -0.4 is 0 Å². The molecule has 1 unspecified atom stereocenters. The first kappa shape index (κ1) is 10.7. The minimum Gasteiger partial charge on any atom is -0.0799 e. The van der Waals surface area contributed by atoms with Crippen LogP contribution in [0.3, 0.4) is 0 Å². The average Bonchev–Trinajstić information content (AvgIpc) is 1.86. The van der Waals surface area contributed by atoms with E-state index in [1.165, 1.54) is 12.0 Å². The summed E-state index contributed by atoms with van der Waals surface area (Å²) in [5.74, 6) is 0.738. The minimum atomic E-state index is 0.402. The topological polar surface area (TPSA) is 0 Å². The van der Waals surface area contributed by atoms with Crippen molar-refractivity contribution in [3.05, 3.63) is 11.6 Å². The van der Waals surface area contributed by atoms with Gasteiger partial charge in [0.25, 0.3) is 0 Å². The second-order valence-electron chi connectivity index (χ2n) is 4.24. The van der Waals surface area contributed by atoms with Crippen molar-refractivity contribution in [2.75, 3.05) is 0 Å². The Balaban J connectivity index is 4.48. The van der Waals surface area contributed by atoms with Crippen LogP contribution in [0.1, 0.15) is 48.0 Å². The fourth-order valence-electron chi connectivity index (χ4n) is 1.34. The molecule has 0 heterocycles. The van der Waals surface area contributed by atoms with Gasteiger partial charge in [0.2, 0.25) is 0 Å². The number of allylic oxidation sites excluding steroid dienone is 2. The van der Waals surface area contributed by atoms with Gasteiger partial charge in [-0.3, -0.25) is 0 Å². The lowest BCUT2D eigenvalue weighted by atomic mass is 9.76. The molecule has 0 bridgehead atoms. The SMILES string of the molecule is CCC(C)(C=C(C)C)C(C)C. The molecule has 0 fully saturated rings.